The molecule has 132 valence electrons. The van der Waals surface area contributed by atoms with E-state index in [0.717, 1.165) is 11.8 Å². The van der Waals surface area contributed by atoms with Gasteiger partial charge >= 0.3 is 0 Å². The van der Waals surface area contributed by atoms with Crippen LogP contribution in [0.4, 0.5) is 0 Å². The summed E-state index contributed by atoms with van der Waals surface area (Å²) in [6, 6.07) is 0. The monoisotopic (exact) mass is 345 g/mol. The topological polar surface area (TPSA) is 37.4 Å². The van der Waals surface area contributed by atoms with Crippen molar-refractivity contribution in [1.29, 1.82) is 0 Å². The number of fused-ring (bicyclic) bond motifs is 1. The van der Waals surface area contributed by atoms with Crippen LogP contribution in [0.25, 0.3) is 0 Å². The quantitative estimate of drug-likeness (QED) is 0.500. The third kappa shape index (κ3) is 1.12. The Morgan fingerprint density at radius 3 is 1.69 bits per heavy atom. The number of rotatable bonds is 0. The lowest BCUT2D eigenvalue weighted by molar-refractivity contribution is -0.138. The van der Waals surface area contributed by atoms with Crippen LogP contribution in [0.5, 0.6) is 0 Å². The Kier molecular flexibility index (Phi) is 1.98. The molecule has 3 nitrogen and oxygen atoms in total. The average Bonchev–Trinajstić information content (AvgIpc) is 3.41. The van der Waals surface area contributed by atoms with Gasteiger partial charge in [-0.2, -0.15) is 0 Å². The first-order valence-electron chi connectivity index (χ1n) is 10.6. The van der Waals surface area contributed by atoms with Gasteiger partial charge in [0, 0.05) is 18.9 Å². The zero-order chi connectivity index (χ0) is 17.1. The zero-order valence-corrected chi connectivity index (χ0v) is 15.0. The van der Waals surface area contributed by atoms with Crippen molar-refractivity contribution in [2.75, 3.05) is 7.05 Å². The van der Waals surface area contributed by atoms with Gasteiger partial charge in [0.1, 0.15) is 0 Å². The summed E-state index contributed by atoms with van der Waals surface area (Å²) in [6.07, 6.45) is 10.2. The van der Waals surface area contributed by atoms with Crippen LogP contribution < -0.4 is 0 Å². The summed E-state index contributed by atoms with van der Waals surface area (Å²) in [6.45, 7) is 0. The lowest BCUT2D eigenvalue weighted by atomic mass is 9.65. The smallest absolute Gasteiger partial charge is 0.233 e. The van der Waals surface area contributed by atoms with Crippen molar-refractivity contribution < 1.29 is 9.59 Å². The highest BCUT2D eigenvalue weighted by Gasteiger charge is 2.74. The molecule has 10 aliphatic carbocycles. The first-order valence-corrected chi connectivity index (χ1v) is 10.6. The average molecular weight is 345 g/mol. The van der Waals surface area contributed by atoms with Gasteiger partial charge < -0.3 is 0 Å². The maximum Gasteiger partial charge on any atom is 0.233 e. The van der Waals surface area contributed by atoms with Gasteiger partial charge in [-0.15, -0.1) is 0 Å². The van der Waals surface area contributed by atoms with Crippen molar-refractivity contribution in [1.82, 2.24) is 4.90 Å². The van der Waals surface area contributed by atoms with Gasteiger partial charge in [0.2, 0.25) is 11.8 Å². The fraction of sp³-hybridized carbons (Fsp3) is 0.652. The molecule has 11 rings (SSSR count). The van der Waals surface area contributed by atoms with Crippen LogP contribution in [-0.4, -0.2) is 23.8 Å². The van der Waals surface area contributed by atoms with Crippen molar-refractivity contribution in [3.63, 3.8) is 0 Å². The fourth-order valence-corrected chi connectivity index (χ4v) is 9.52. The molecule has 0 spiro atoms. The summed E-state index contributed by atoms with van der Waals surface area (Å²) >= 11 is 0. The largest absolute Gasteiger partial charge is 0.285 e. The molecule has 5 saturated carbocycles. The summed E-state index contributed by atoms with van der Waals surface area (Å²) in [4.78, 5) is 27.5. The highest BCUT2D eigenvalue weighted by atomic mass is 16.2. The molecular formula is C23H23NO2. The van der Waals surface area contributed by atoms with E-state index < -0.39 is 0 Å². The van der Waals surface area contributed by atoms with E-state index in [1.165, 1.54) is 30.6 Å². The van der Waals surface area contributed by atoms with Crippen LogP contribution in [0.1, 0.15) is 25.7 Å². The number of amides is 2. The van der Waals surface area contributed by atoms with Crippen LogP contribution in [-0.2, 0) is 9.59 Å². The summed E-state index contributed by atoms with van der Waals surface area (Å²) in [5.41, 5.74) is 6.89. The molecule has 0 aromatic carbocycles. The molecule has 0 radical (unpaired) electrons. The number of carbonyl (C=O) groups is 2. The second-order valence-corrected chi connectivity index (χ2v) is 10.4. The third-order valence-corrected chi connectivity index (χ3v) is 9.98. The van der Waals surface area contributed by atoms with Crippen LogP contribution in [0.2, 0.25) is 0 Å². The van der Waals surface area contributed by atoms with Gasteiger partial charge in [0.15, 0.2) is 0 Å². The highest BCUT2D eigenvalue weighted by molar-refractivity contribution is 6.06. The molecule has 0 aromatic rings. The SMILES string of the molecule is CN1C(=O)[C@@H]2[C@H](C1=O)[C@@H]1C3=C4CC5CC(=C6[C@H]7C=C[C@@H]6C1C7[C@H]32)CC5C4. The number of nitrogens with zero attached hydrogens (tertiary/aromatic N) is 1. The summed E-state index contributed by atoms with van der Waals surface area (Å²) in [7, 11) is 1.72. The second kappa shape index (κ2) is 3.81. The van der Waals surface area contributed by atoms with Crippen LogP contribution in [0.3, 0.4) is 0 Å². The maximum atomic E-state index is 13.0. The minimum absolute atomic E-state index is 0.0324. The minimum Gasteiger partial charge on any atom is -0.285 e. The van der Waals surface area contributed by atoms with E-state index in [9.17, 15) is 9.59 Å². The standard InChI is InChI=1S/C23H23NO2/c1-24-22(25)20-18-15-11-6-8-4-10(5-9(8)7-11)14-12-2-3-13(14)17(16(12)18)19(15)21(20)23(24)26/h2-3,8-9,12-13,16-21H,4-7H2,1H3/t8?,9?,12-,13+,16?,17?,18+,19-,20+,21-. The van der Waals surface area contributed by atoms with Gasteiger partial charge in [-0.3, -0.25) is 14.5 Å². The highest BCUT2D eigenvalue weighted by Crippen LogP contribution is 2.76. The first-order chi connectivity index (χ1) is 12.6. The summed E-state index contributed by atoms with van der Waals surface area (Å²) in [5.74, 6) is 5.02. The Bertz CT molecular complexity index is 870. The van der Waals surface area contributed by atoms with E-state index in [1.54, 1.807) is 29.3 Å². The Morgan fingerprint density at radius 1 is 0.731 bits per heavy atom. The molecule has 3 heteroatoms. The van der Waals surface area contributed by atoms with Crippen molar-refractivity contribution in [2.45, 2.75) is 25.7 Å². The lowest BCUT2D eigenvalue weighted by Crippen LogP contribution is -2.38. The van der Waals surface area contributed by atoms with Crippen molar-refractivity contribution >= 4 is 11.8 Å². The van der Waals surface area contributed by atoms with Crippen molar-refractivity contribution in [3.8, 4) is 0 Å². The Balaban J connectivity index is 1.44. The molecule has 12 bridgehead atoms. The Hall–Kier alpha value is -1.64. The molecule has 11 aliphatic rings. The molecule has 0 N–H and O–H groups in total. The molecular weight excluding hydrogens is 322 g/mol. The summed E-state index contributed by atoms with van der Waals surface area (Å²) < 4.78 is 0. The van der Waals surface area contributed by atoms with Gasteiger partial charge in [-0.05, 0) is 61.2 Å². The van der Waals surface area contributed by atoms with Gasteiger partial charge in [0.05, 0.1) is 11.8 Å². The molecule has 4 unspecified atom stereocenters. The van der Waals surface area contributed by atoms with E-state index in [-0.39, 0.29) is 23.7 Å². The van der Waals surface area contributed by atoms with Gasteiger partial charge in [-0.1, -0.05) is 34.4 Å². The lowest BCUT2D eigenvalue weighted by Gasteiger charge is -2.35. The van der Waals surface area contributed by atoms with Gasteiger partial charge in [0.25, 0.3) is 0 Å². The molecule has 26 heavy (non-hydrogen) atoms. The number of imide groups is 1. The van der Waals surface area contributed by atoms with E-state index >= 15 is 0 Å². The zero-order valence-electron chi connectivity index (χ0n) is 15.0. The number of carbonyl (C=O) groups excluding carboxylic acids is 2. The van der Waals surface area contributed by atoms with E-state index in [1.807, 2.05) is 0 Å². The number of allylic oxidation sites excluding steroid dienone is 6. The minimum atomic E-state index is -0.0324. The fourth-order valence-electron chi connectivity index (χ4n) is 9.52. The predicted molar refractivity (Wildman–Crippen MR) is 94.3 cm³/mol. The molecule has 10 atom stereocenters. The van der Waals surface area contributed by atoms with Crippen LogP contribution >= 0.6 is 0 Å². The molecule has 1 heterocycles. The number of hydrogen-bond donors (Lipinski definition) is 0. The molecule has 1 aliphatic heterocycles. The maximum absolute atomic E-state index is 13.0. The predicted octanol–water partition coefficient (Wildman–Crippen LogP) is 2.95. The van der Waals surface area contributed by atoms with Gasteiger partial charge in [-0.25, -0.2) is 0 Å². The molecule has 2 amide bonds. The van der Waals surface area contributed by atoms with E-state index in [4.69, 9.17) is 0 Å². The molecule has 6 fully saturated rings. The van der Waals surface area contributed by atoms with E-state index in [2.05, 4.69) is 12.2 Å². The van der Waals surface area contributed by atoms with Crippen molar-refractivity contribution in [2.24, 2.45) is 59.2 Å². The Labute approximate surface area is 153 Å². The van der Waals surface area contributed by atoms with Crippen molar-refractivity contribution in [3.05, 3.63) is 34.4 Å². The summed E-state index contributed by atoms with van der Waals surface area (Å²) in [5, 5.41) is 0. The third-order valence-electron chi connectivity index (χ3n) is 9.98. The van der Waals surface area contributed by atoms with Crippen LogP contribution in [0, 0.1) is 59.2 Å². The molecule has 1 saturated heterocycles. The first kappa shape index (κ1) is 13.5. The normalized spacial score (nSPS) is 56.4. The number of hydrogen-bond acceptors (Lipinski definition) is 2. The second-order valence-electron chi connectivity index (χ2n) is 10.4. The van der Waals surface area contributed by atoms with Crippen LogP contribution in [0.15, 0.2) is 34.4 Å². The van der Waals surface area contributed by atoms with E-state index in [0.29, 0.717) is 35.5 Å². The Morgan fingerprint density at radius 2 is 1.19 bits per heavy atom. The molecule has 0 aromatic heterocycles. The number of likely N-dealkylation sites (tertiary alicyclic amines) is 1.